The first-order valence-electron chi connectivity index (χ1n) is 9.59. The zero-order valence-electron chi connectivity index (χ0n) is 15.9. The minimum absolute atomic E-state index is 0.0659. The van der Waals surface area contributed by atoms with Gasteiger partial charge in [-0.25, -0.2) is 0 Å². The van der Waals surface area contributed by atoms with E-state index in [2.05, 4.69) is 44.4 Å². The van der Waals surface area contributed by atoms with Crippen molar-refractivity contribution >= 4 is 11.6 Å². The molecule has 0 saturated heterocycles. The average Bonchev–Trinajstić information content (AvgIpc) is 2.58. The molecule has 1 aromatic rings. The smallest absolute Gasteiger partial charge is 0.241 e. The Bertz CT molecular complexity index is 542. The summed E-state index contributed by atoms with van der Waals surface area (Å²) in [4.78, 5) is 12.7. The van der Waals surface area contributed by atoms with Gasteiger partial charge < -0.3 is 10.6 Å². The molecule has 24 heavy (non-hydrogen) atoms. The predicted molar refractivity (Wildman–Crippen MR) is 102 cm³/mol. The van der Waals surface area contributed by atoms with Gasteiger partial charge in [0.1, 0.15) is 0 Å². The van der Waals surface area contributed by atoms with Gasteiger partial charge in [-0.05, 0) is 49.1 Å². The molecule has 5 atom stereocenters. The van der Waals surface area contributed by atoms with Crippen LogP contribution in [0.3, 0.4) is 0 Å². The number of carbonyl (C=O) groups is 1. The first-order chi connectivity index (χ1) is 11.4. The number of hydrogen-bond acceptors (Lipinski definition) is 2. The van der Waals surface area contributed by atoms with Crippen LogP contribution in [0, 0.1) is 11.8 Å². The van der Waals surface area contributed by atoms with Gasteiger partial charge in [-0.2, -0.15) is 0 Å². The van der Waals surface area contributed by atoms with Crippen LogP contribution in [0.2, 0.25) is 0 Å². The summed E-state index contributed by atoms with van der Waals surface area (Å²) in [7, 11) is 0. The summed E-state index contributed by atoms with van der Waals surface area (Å²) in [5.41, 5.74) is 2.18. The Morgan fingerprint density at radius 3 is 2.62 bits per heavy atom. The zero-order valence-corrected chi connectivity index (χ0v) is 15.9. The Labute approximate surface area is 147 Å². The maximum Gasteiger partial charge on any atom is 0.241 e. The molecular formula is C21H34N2O. The van der Waals surface area contributed by atoms with Gasteiger partial charge in [0.05, 0.1) is 6.04 Å². The van der Waals surface area contributed by atoms with Crippen molar-refractivity contribution in [3.05, 3.63) is 29.8 Å². The highest BCUT2D eigenvalue weighted by molar-refractivity contribution is 5.95. The van der Waals surface area contributed by atoms with Gasteiger partial charge in [-0.3, -0.25) is 4.79 Å². The number of anilines is 1. The van der Waals surface area contributed by atoms with Crippen molar-refractivity contribution in [2.75, 3.05) is 5.32 Å². The molecule has 2 N–H and O–H groups in total. The van der Waals surface area contributed by atoms with Gasteiger partial charge in [-0.1, -0.05) is 58.7 Å². The maximum absolute atomic E-state index is 12.7. The molecule has 2 rings (SSSR count). The Hall–Kier alpha value is -1.35. The number of benzene rings is 1. The standard InChI is InChI=1S/C21H34N2O/c1-6-14(2)18-11-7-8-12-20(18)23-21(24)17(5)22-19-13-9-10-15(3)16(19)4/h7-8,11-12,14-17,19,22H,6,9-10,13H2,1-5H3,(H,23,24)/t14-,15+,16+,17-,19-/m1/s1. The molecule has 0 aliphatic heterocycles. The molecule has 0 unspecified atom stereocenters. The lowest BCUT2D eigenvalue weighted by atomic mass is 9.78. The van der Waals surface area contributed by atoms with E-state index < -0.39 is 0 Å². The van der Waals surface area contributed by atoms with Gasteiger partial charge in [0.2, 0.25) is 5.91 Å². The lowest BCUT2D eigenvalue weighted by molar-refractivity contribution is -0.118. The second-order valence-electron chi connectivity index (χ2n) is 7.65. The highest BCUT2D eigenvalue weighted by atomic mass is 16.2. The fourth-order valence-corrected chi connectivity index (χ4v) is 3.72. The maximum atomic E-state index is 12.7. The minimum atomic E-state index is -0.173. The molecule has 134 valence electrons. The number of amides is 1. The molecule has 0 aromatic heterocycles. The molecule has 1 amide bonds. The van der Waals surface area contributed by atoms with E-state index in [-0.39, 0.29) is 11.9 Å². The van der Waals surface area contributed by atoms with E-state index in [1.165, 1.54) is 24.8 Å². The van der Waals surface area contributed by atoms with Crippen LogP contribution in [0.4, 0.5) is 5.69 Å². The summed E-state index contributed by atoms with van der Waals surface area (Å²) < 4.78 is 0. The molecule has 0 heterocycles. The average molecular weight is 331 g/mol. The molecule has 3 heteroatoms. The van der Waals surface area contributed by atoms with Crippen LogP contribution in [0.1, 0.15) is 71.8 Å². The fraction of sp³-hybridized carbons (Fsp3) is 0.667. The van der Waals surface area contributed by atoms with Gasteiger partial charge in [0, 0.05) is 11.7 Å². The van der Waals surface area contributed by atoms with E-state index >= 15 is 0 Å². The zero-order chi connectivity index (χ0) is 17.7. The van der Waals surface area contributed by atoms with Crippen LogP contribution >= 0.6 is 0 Å². The van der Waals surface area contributed by atoms with E-state index in [9.17, 15) is 4.79 Å². The number of nitrogens with one attached hydrogen (secondary N) is 2. The number of carbonyl (C=O) groups excluding carboxylic acids is 1. The SMILES string of the molecule is CC[C@@H](C)c1ccccc1NC(=O)[C@@H](C)N[C@@H]1CCC[C@H](C)[C@@H]1C. The second kappa shape index (κ2) is 8.66. The van der Waals surface area contributed by atoms with Crippen molar-refractivity contribution in [1.82, 2.24) is 5.32 Å². The summed E-state index contributed by atoms with van der Waals surface area (Å²) in [6, 6.07) is 8.44. The molecule has 1 saturated carbocycles. The van der Waals surface area contributed by atoms with Gasteiger partial charge in [0.15, 0.2) is 0 Å². The summed E-state index contributed by atoms with van der Waals surface area (Å²) in [5, 5.41) is 6.71. The van der Waals surface area contributed by atoms with Crippen molar-refractivity contribution in [2.24, 2.45) is 11.8 Å². The number of hydrogen-bond donors (Lipinski definition) is 2. The van der Waals surface area contributed by atoms with Crippen molar-refractivity contribution in [2.45, 2.75) is 78.3 Å². The summed E-state index contributed by atoms with van der Waals surface area (Å²) in [5.74, 6) is 1.87. The molecule has 1 aliphatic rings. The normalized spacial score (nSPS) is 26.6. The molecule has 0 spiro atoms. The van der Waals surface area contributed by atoms with Crippen LogP contribution in [0.15, 0.2) is 24.3 Å². The first kappa shape index (κ1) is 19.0. The Morgan fingerprint density at radius 2 is 1.92 bits per heavy atom. The van der Waals surface area contributed by atoms with Crippen molar-refractivity contribution in [3.8, 4) is 0 Å². The van der Waals surface area contributed by atoms with E-state index in [1.54, 1.807) is 0 Å². The molecule has 1 aromatic carbocycles. The van der Waals surface area contributed by atoms with E-state index in [0.717, 1.165) is 18.0 Å². The number of para-hydroxylation sites is 1. The van der Waals surface area contributed by atoms with Crippen LogP contribution in [-0.2, 0) is 4.79 Å². The largest absolute Gasteiger partial charge is 0.324 e. The summed E-state index contributed by atoms with van der Waals surface area (Å²) >= 11 is 0. The third kappa shape index (κ3) is 4.60. The third-order valence-corrected chi connectivity index (χ3v) is 5.93. The Balaban J connectivity index is 1.99. The molecule has 1 fully saturated rings. The lowest BCUT2D eigenvalue weighted by Crippen LogP contribution is -2.49. The fourth-order valence-electron chi connectivity index (χ4n) is 3.72. The Morgan fingerprint density at radius 1 is 1.21 bits per heavy atom. The van der Waals surface area contributed by atoms with E-state index in [1.807, 2.05) is 25.1 Å². The highest BCUT2D eigenvalue weighted by Crippen LogP contribution is 2.30. The molecule has 1 aliphatic carbocycles. The number of rotatable bonds is 6. The Kier molecular flexibility index (Phi) is 6.85. The van der Waals surface area contributed by atoms with E-state index in [4.69, 9.17) is 0 Å². The van der Waals surface area contributed by atoms with Crippen molar-refractivity contribution < 1.29 is 4.79 Å². The molecule has 0 bridgehead atoms. The van der Waals surface area contributed by atoms with Gasteiger partial charge >= 0.3 is 0 Å². The van der Waals surface area contributed by atoms with Crippen LogP contribution in [-0.4, -0.2) is 18.0 Å². The molecular weight excluding hydrogens is 296 g/mol. The van der Waals surface area contributed by atoms with Crippen LogP contribution in [0.25, 0.3) is 0 Å². The van der Waals surface area contributed by atoms with Gasteiger partial charge in [0.25, 0.3) is 0 Å². The van der Waals surface area contributed by atoms with Crippen molar-refractivity contribution in [3.63, 3.8) is 0 Å². The first-order valence-corrected chi connectivity index (χ1v) is 9.59. The van der Waals surface area contributed by atoms with Gasteiger partial charge in [-0.15, -0.1) is 0 Å². The monoisotopic (exact) mass is 330 g/mol. The predicted octanol–water partition coefficient (Wildman–Crippen LogP) is 4.94. The van der Waals surface area contributed by atoms with Crippen molar-refractivity contribution in [1.29, 1.82) is 0 Å². The summed E-state index contributed by atoms with van der Waals surface area (Å²) in [6.45, 7) is 11.0. The molecule has 0 radical (unpaired) electrons. The molecule has 3 nitrogen and oxygen atoms in total. The van der Waals surface area contributed by atoms with E-state index in [0.29, 0.717) is 17.9 Å². The minimum Gasteiger partial charge on any atom is -0.324 e. The third-order valence-electron chi connectivity index (χ3n) is 5.93. The van der Waals surface area contributed by atoms with Crippen LogP contribution < -0.4 is 10.6 Å². The summed E-state index contributed by atoms with van der Waals surface area (Å²) in [6.07, 6.45) is 4.81. The topological polar surface area (TPSA) is 41.1 Å². The lowest BCUT2D eigenvalue weighted by Gasteiger charge is -2.36. The highest BCUT2D eigenvalue weighted by Gasteiger charge is 2.29. The second-order valence-corrected chi connectivity index (χ2v) is 7.65. The quantitative estimate of drug-likeness (QED) is 0.775. The van der Waals surface area contributed by atoms with Crippen LogP contribution in [0.5, 0.6) is 0 Å².